The topological polar surface area (TPSA) is 79.9 Å². The molecule has 82 valence electrons. The first-order valence-electron chi connectivity index (χ1n) is 5.11. The summed E-state index contributed by atoms with van der Waals surface area (Å²) < 4.78 is 5.46. The van der Waals surface area contributed by atoms with E-state index < -0.39 is 0 Å². The van der Waals surface area contributed by atoms with E-state index in [0.29, 0.717) is 12.4 Å². The van der Waals surface area contributed by atoms with E-state index >= 15 is 0 Å². The first-order chi connectivity index (χ1) is 7.34. The number of carbonyl (C=O) groups excluding carboxylic acids is 1. The van der Waals surface area contributed by atoms with Crippen molar-refractivity contribution in [1.82, 2.24) is 15.2 Å². The quantitative estimate of drug-likeness (QED) is 0.769. The number of nitrogens with one attached hydrogen (secondary N) is 2. The van der Waals surface area contributed by atoms with Crippen LogP contribution in [0.5, 0.6) is 0 Å². The van der Waals surface area contributed by atoms with Gasteiger partial charge in [0.05, 0.1) is 12.5 Å². The summed E-state index contributed by atoms with van der Waals surface area (Å²) in [6, 6.07) is 0. The average molecular weight is 210 g/mol. The molecule has 1 aromatic heterocycles. The lowest BCUT2D eigenvalue weighted by molar-refractivity contribution is -0.119. The van der Waals surface area contributed by atoms with E-state index in [1.807, 2.05) is 0 Å². The van der Waals surface area contributed by atoms with Crippen LogP contribution in [0.3, 0.4) is 0 Å². The second-order valence-corrected chi connectivity index (χ2v) is 3.57. The normalized spacial score (nSPS) is 21.2. The van der Waals surface area contributed by atoms with Crippen molar-refractivity contribution < 1.29 is 9.53 Å². The van der Waals surface area contributed by atoms with E-state index in [0.717, 1.165) is 25.9 Å². The molecule has 0 aliphatic carbocycles. The Bertz CT molecular complexity index is 306. The van der Waals surface area contributed by atoms with Crippen molar-refractivity contribution in [2.75, 3.05) is 11.9 Å². The lowest BCUT2D eigenvalue weighted by Gasteiger charge is -2.21. The monoisotopic (exact) mass is 210 g/mol. The van der Waals surface area contributed by atoms with Crippen LogP contribution in [0.25, 0.3) is 0 Å². The molecule has 1 aliphatic heterocycles. The Morgan fingerprint density at radius 1 is 1.67 bits per heavy atom. The van der Waals surface area contributed by atoms with Crippen LogP contribution in [0, 0.1) is 0 Å². The van der Waals surface area contributed by atoms with E-state index in [2.05, 4.69) is 20.5 Å². The highest BCUT2D eigenvalue weighted by atomic mass is 16.5. The fourth-order valence-corrected chi connectivity index (χ4v) is 1.62. The number of aromatic nitrogens is 3. The molecule has 15 heavy (non-hydrogen) atoms. The van der Waals surface area contributed by atoms with E-state index in [4.69, 9.17) is 4.74 Å². The maximum Gasteiger partial charge on any atom is 0.229 e. The van der Waals surface area contributed by atoms with Gasteiger partial charge < -0.3 is 4.74 Å². The number of nitrogens with zero attached hydrogens (tertiary/aromatic N) is 2. The van der Waals surface area contributed by atoms with Gasteiger partial charge in [0.15, 0.2) is 0 Å². The fourth-order valence-electron chi connectivity index (χ4n) is 1.62. The summed E-state index contributed by atoms with van der Waals surface area (Å²) in [6.45, 7) is 0.764. The third-order valence-electron chi connectivity index (χ3n) is 2.36. The summed E-state index contributed by atoms with van der Waals surface area (Å²) in [5.41, 5.74) is 0. The van der Waals surface area contributed by atoms with Crippen molar-refractivity contribution in [3.05, 3.63) is 6.33 Å². The van der Waals surface area contributed by atoms with Gasteiger partial charge in [-0.25, -0.2) is 5.10 Å². The molecule has 1 aliphatic rings. The Morgan fingerprint density at radius 3 is 3.27 bits per heavy atom. The summed E-state index contributed by atoms with van der Waals surface area (Å²) in [5.74, 6) is 0.300. The second kappa shape index (κ2) is 4.88. The third-order valence-corrected chi connectivity index (χ3v) is 2.36. The summed E-state index contributed by atoms with van der Waals surface area (Å²) in [4.78, 5) is 15.3. The number of carbonyl (C=O) groups is 1. The van der Waals surface area contributed by atoms with Gasteiger partial charge in [0, 0.05) is 6.61 Å². The number of anilines is 1. The standard InChI is InChI=1S/C9H14N4O2/c14-8(12-9-10-6-11-13-9)5-7-3-1-2-4-15-7/h6-7H,1-5H2,(H2,10,11,12,13,14). The first-order valence-corrected chi connectivity index (χ1v) is 5.11. The smallest absolute Gasteiger partial charge is 0.229 e. The summed E-state index contributed by atoms with van der Waals surface area (Å²) in [5, 5.41) is 8.83. The van der Waals surface area contributed by atoms with Crippen LogP contribution >= 0.6 is 0 Å². The zero-order chi connectivity index (χ0) is 10.5. The molecular weight excluding hydrogens is 196 g/mol. The van der Waals surface area contributed by atoms with Crippen LogP contribution in [0.2, 0.25) is 0 Å². The molecule has 6 heteroatoms. The lowest BCUT2D eigenvalue weighted by atomic mass is 10.1. The van der Waals surface area contributed by atoms with Crippen LogP contribution in [-0.2, 0) is 9.53 Å². The Hall–Kier alpha value is -1.43. The van der Waals surface area contributed by atoms with Crippen molar-refractivity contribution in [3.63, 3.8) is 0 Å². The van der Waals surface area contributed by atoms with Crippen molar-refractivity contribution in [2.45, 2.75) is 31.8 Å². The molecule has 6 nitrogen and oxygen atoms in total. The van der Waals surface area contributed by atoms with Gasteiger partial charge in [0.2, 0.25) is 11.9 Å². The summed E-state index contributed by atoms with van der Waals surface area (Å²) in [6.07, 6.45) is 5.00. The van der Waals surface area contributed by atoms with Gasteiger partial charge in [-0.2, -0.15) is 10.1 Å². The maximum atomic E-state index is 11.5. The highest BCUT2D eigenvalue weighted by Crippen LogP contribution is 2.15. The van der Waals surface area contributed by atoms with E-state index in [1.54, 1.807) is 0 Å². The molecule has 0 aromatic carbocycles. The van der Waals surface area contributed by atoms with Gasteiger partial charge in [-0.15, -0.1) is 0 Å². The minimum Gasteiger partial charge on any atom is -0.378 e. The Morgan fingerprint density at radius 2 is 2.60 bits per heavy atom. The van der Waals surface area contributed by atoms with Gasteiger partial charge in [-0.1, -0.05) is 0 Å². The van der Waals surface area contributed by atoms with E-state index in [-0.39, 0.29) is 12.0 Å². The number of rotatable bonds is 3. The Balaban J connectivity index is 1.76. The number of H-pyrrole nitrogens is 1. The van der Waals surface area contributed by atoms with Gasteiger partial charge in [0.25, 0.3) is 0 Å². The molecule has 2 heterocycles. The average Bonchev–Trinajstić information content (AvgIpc) is 2.71. The van der Waals surface area contributed by atoms with E-state index in [9.17, 15) is 4.79 Å². The molecule has 1 unspecified atom stereocenters. The molecule has 0 radical (unpaired) electrons. The van der Waals surface area contributed by atoms with Gasteiger partial charge in [-0.05, 0) is 19.3 Å². The van der Waals surface area contributed by atoms with Crippen LogP contribution in [0.1, 0.15) is 25.7 Å². The minimum atomic E-state index is -0.0846. The van der Waals surface area contributed by atoms with Crippen LogP contribution in [0.4, 0.5) is 5.95 Å². The molecule has 1 saturated heterocycles. The fraction of sp³-hybridized carbons (Fsp3) is 0.667. The summed E-state index contributed by atoms with van der Waals surface area (Å²) >= 11 is 0. The number of hydrogen-bond donors (Lipinski definition) is 2. The van der Waals surface area contributed by atoms with Crippen molar-refractivity contribution in [3.8, 4) is 0 Å². The predicted molar refractivity (Wildman–Crippen MR) is 53.2 cm³/mol. The predicted octanol–water partition coefficient (Wildman–Crippen LogP) is 0.702. The highest BCUT2D eigenvalue weighted by molar-refractivity contribution is 5.89. The lowest BCUT2D eigenvalue weighted by Crippen LogP contribution is -2.25. The SMILES string of the molecule is O=C(CC1CCCCO1)Nc1ncn[nH]1. The first kappa shape index (κ1) is 10.1. The molecule has 2 N–H and O–H groups in total. The van der Waals surface area contributed by atoms with Crippen molar-refractivity contribution >= 4 is 11.9 Å². The highest BCUT2D eigenvalue weighted by Gasteiger charge is 2.17. The molecule has 0 spiro atoms. The number of hydrogen-bond acceptors (Lipinski definition) is 4. The zero-order valence-corrected chi connectivity index (χ0v) is 8.40. The Labute approximate surface area is 87.4 Å². The van der Waals surface area contributed by atoms with E-state index in [1.165, 1.54) is 6.33 Å². The van der Waals surface area contributed by atoms with Crippen molar-refractivity contribution in [2.24, 2.45) is 0 Å². The van der Waals surface area contributed by atoms with Gasteiger partial charge in [-0.3, -0.25) is 10.1 Å². The zero-order valence-electron chi connectivity index (χ0n) is 8.40. The van der Waals surface area contributed by atoms with Crippen LogP contribution < -0.4 is 5.32 Å². The number of amides is 1. The molecule has 1 atom stereocenters. The van der Waals surface area contributed by atoms with Crippen LogP contribution in [0.15, 0.2) is 6.33 Å². The molecular formula is C9H14N4O2. The van der Waals surface area contributed by atoms with Crippen LogP contribution in [-0.4, -0.2) is 33.8 Å². The third kappa shape index (κ3) is 3.02. The molecule has 1 aromatic rings. The molecule has 1 fully saturated rings. The second-order valence-electron chi connectivity index (χ2n) is 3.57. The Kier molecular flexibility index (Phi) is 3.29. The van der Waals surface area contributed by atoms with Gasteiger partial charge in [0.1, 0.15) is 6.33 Å². The maximum absolute atomic E-state index is 11.5. The molecule has 0 saturated carbocycles. The number of aromatic amines is 1. The molecule has 0 bridgehead atoms. The van der Waals surface area contributed by atoms with Crippen molar-refractivity contribution in [1.29, 1.82) is 0 Å². The largest absolute Gasteiger partial charge is 0.378 e. The molecule has 1 amide bonds. The summed E-state index contributed by atoms with van der Waals surface area (Å²) in [7, 11) is 0. The van der Waals surface area contributed by atoms with Gasteiger partial charge >= 0.3 is 0 Å². The molecule has 2 rings (SSSR count). The number of ether oxygens (including phenoxy) is 1. The minimum absolute atomic E-state index is 0.0571.